The van der Waals surface area contributed by atoms with E-state index in [0.29, 0.717) is 6.04 Å². The summed E-state index contributed by atoms with van der Waals surface area (Å²) in [6, 6.07) is 7.39. The molecule has 3 heteroatoms. The molecule has 1 saturated heterocycles. The first-order chi connectivity index (χ1) is 9.11. The smallest absolute Gasteiger partial charge is 0.0320 e. The number of aryl methyl sites for hydroxylation is 2. The Bertz CT molecular complexity index is 419. The van der Waals surface area contributed by atoms with Crippen LogP contribution < -0.4 is 5.32 Å². The number of rotatable bonds is 4. The van der Waals surface area contributed by atoms with Gasteiger partial charge in [-0.3, -0.25) is 0 Å². The minimum absolute atomic E-state index is 0.577. The van der Waals surface area contributed by atoms with E-state index in [1.807, 2.05) is 0 Å². The van der Waals surface area contributed by atoms with Crippen LogP contribution >= 0.6 is 23.5 Å². The molecule has 3 atom stereocenters. The Morgan fingerprint density at radius 3 is 2.68 bits per heavy atom. The van der Waals surface area contributed by atoms with Crippen LogP contribution in [-0.2, 0) is 6.42 Å². The van der Waals surface area contributed by atoms with Crippen molar-refractivity contribution in [2.24, 2.45) is 0 Å². The average Bonchev–Trinajstić information content (AvgIpc) is 2.41. The zero-order chi connectivity index (χ0) is 13.8. The fourth-order valence-electron chi connectivity index (χ4n) is 2.73. The number of nitrogens with one attached hydrogen (secondary N) is 1. The second-order valence-electron chi connectivity index (χ2n) is 5.44. The van der Waals surface area contributed by atoms with Crippen molar-refractivity contribution in [3.8, 4) is 0 Å². The molecule has 2 rings (SSSR count). The van der Waals surface area contributed by atoms with Gasteiger partial charge in [0.1, 0.15) is 0 Å². The van der Waals surface area contributed by atoms with Crippen molar-refractivity contribution in [2.45, 2.75) is 43.7 Å². The van der Waals surface area contributed by atoms with E-state index in [9.17, 15) is 0 Å². The first-order valence-corrected chi connectivity index (χ1v) is 9.18. The fourth-order valence-corrected chi connectivity index (χ4v) is 5.73. The quantitative estimate of drug-likeness (QED) is 0.910. The summed E-state index contributed by atoms with van der Waals surface area (Å²) in [5, 5.41) is 5.04. The van der Waals surface area contributed by atoms with Gasteiger partial charge in [-0.15, -0.1) is 0 Å². The van der Waals surface area contributed by atoms with Crippen LogP contribution in [0.3, 0.4) is 0 Å². The fraction of sp³-hybridized carbons (Fsp3) is 0.625. The topological polar surface area (TPSA) is 12.0 Å². The molecule has 1 aromatic rings. The van der Waals surface area contributed by atoms with Crippen LogP contribution in [0.5, 0.6) is 0 Å². The van der Waals surface area contributed by atoms with Crippen molar-refractivity contribution in [3.63, 3.8) is 0 Å². The van der Waals surface area contributed by atoms with Gasteiger partial charge in [-0.2, -0.15) is 23.5 Å². The van der Waals surface area contributed by atoms with Crippen LogP contribution in [0, 0.1) is 13.8 Å². The zero-order valence-electron chi connectivity index (χ0n) is 12.4. The van der Waals surface area contributed by atoms with Crippen molar-refractivity contribution in [2.75, 3.05) is 18.6 Å². The van der Waals surface area contributed by atoms with Crippen LogP contribution in [0.15, 0.2) is 18.2 Å². The summed E-state index contributed by atoms with van der Waals surface area (Å²) in [7, 11) is 2.11. The second kappa shape index (κ2) is 7.05. The van der Waals surface area contributed by atoms with Crippen LogP contribution in [0.2, 0.25) is 0 Å². The summed E-state index contributed by atoms with van der Waals surface area (Å²) < 4.78 is 0. The van der Waals surface area contributed by atoms with Crippen molar-refractivity contribution >= 4 is 23.5 Å². The predicted molar refractivity (Wildman–Crippen MR) is 90.6 cm³/mol. The number of hydrogen-bond donors (Lipinski definition) is 1. The number of likely N-dealkylation sites (N-methyl/N-ethyl adjacent to an activating group) is 1. The van der Waals surface area contributed by atoms with E-state index in [2.05, 4.69) is 74.9 Å². The normalized spacial score (nSPS) is 25.3. The summed E-state index contributed by atoms with van der Waals surface area (Å²) >= 11 is 4.28. The molecular weight excluding hydrogens is 270 g/mol. The van der Waals surface area contributed by atoms with Gasteiger partial charge in [0.25, 0.3) is 0 Å². The third-order valence-electron chi connectivity index (χ3n) is 3.95. The number of hydrogen-bond acceptors (Lipinski definition) is 3. The summed E-state index contributed by atoms with van der Waals surface area (Å²) in [5.74, 6) is 2.60. The maximum absolute atomic E-state index is 3.56. The van der Waals surface area contributed by atoms with E-state index < -0.39 is 0 Å². The minimum atomic E-state index is 0.577. The molecule has 19 heavy (non-hydrogen) atoms. The lowest BCUT2D eigenvalue weighted by Gasteiger charge is -2.34. The number of benzene rings is 1. The van der Waals surface area contributed by atoms with E-state index in [1.54, 1.807) is 0 Å². The molecule has 0 amide bonds. The van der Waals surface area contributed by atoms with E-state index in [-0.39, 0.29) is 0 Å². The van der Waals surface area contributed by atoms with Gasteiger partial charge in [0, 0.05) is 28.0 Å². The summed E-state index contributed by atoms with van der Waals surface area (Å²) in [6.07, 6.45) is 1.15. The van der Waals surface area contributed by atoms with Gasteiger partial charge in [0.05, 0.1) is 0 Å². The van der Waals surface area contributed by atoms with Gasteiger partial charge in [0.2, 0.25) is 0 Å². The maximum Gasteiger partial charge on any atom is 0.0320 e. The van der Waals surface area contributed by atoms with Gasteiger partial charge in [-0.25, -0.2) is 0 Å². The average molecular weight is 296 g/mol. The SMILES string of the molecule is CNC(Cc1cc(C)ccc1C)C1SCCSC1C. The molecule has 0 bridgehead atoms. The molecule has 0 radical (unpaired) electrons. The monoisotopic (exact) mass is 295 g/mol. The van der Waals surface area contributed by atoms with Crippen molar-refractivity contribution < 1.29 is 0 Å². The van der Waals surface area contributed by atoms with Gasteiger partial charge in [0.15, 0.2) is 0 Å². The summed E-state index contributed by atoms with van der Waals surface area (Å²) in [5.41, 5.74) is 4.30. The van der Waals surface area contributed by atoms with Crippen LogP contribution in [-0.4, -0.2) is 35.1 Å². The molecule has 1 fully saturated rings. The molecule has 3 unspecified atom stereocenters. The third kappa shape index (κ3) is 3.93. The Balaban J connectivity index is 2.11. The molecule has 106 valence electrons. The first kappa shape index (κ1) is 15.3. The van der Waals surface area contributed by atoms with E-state index in [1.165, 1.54) is 28.2 Å². The van der Waals surface area contributed by atoms with E-state index >= 15 is 0 Å². The second-order valence-corrected chi connectivity index (χ2v) is 8.21. The van der Waals surface area contributed by atoms with Crippen molar-refractivity contribution in [3.05, 3.63) is 34.9 Å². The van der Waals surface area contributed by atoms with Crippen LogP contribution in [0.1, 0.15) is 23.6 Å². The highest BCUT2D eigenvalue weighted by atomic mass is 32.2. The lowest BCUT2D eigenvalue weighted by molar-refractivity contribution is 0.530. The molecule has 1 nitrogen and oxygen atoms in total. The van der Waals surface area contributed by atoms with Gasteiger partial charge in [-0.1, -0.05) is 30.7 Å². The lowest BCUT2D eigenvalue weighted by atomic mass is 9.96. The Morgan fingerprint density at radius 2 is 2.00 bits per heavy atom. The Labute approximate surface area is 126 Å². The number of thioether (sulfide) groups is 2. The molecule has 0 aliphatic carbocycles. The maximum atomic E-state index is 3.56. The molecule has 1 aromatic carbocycles. The highest BCUT2D eigenvalue weighted by molar-refractivity contribution is 8.07. The molecule has 0 saturated carbocycles. The molecule has 1 heterocycles. The van der Waals surface area contributed by atoms with Crippen molar-refractivity contribution in [1.82, 2.24) is 5.32 Å². The van der Waals surface area contributed by atoms with E-state index in [0.717, 1.165) is 16.9 Å². The minimum Gasteiger partial charge on any atom is -0.316 e. The standard InChI is InChI=1S/C16H25NS2/c1-11-5-6-12(2)14(9-11)10-15(17-4)16-13(3)18-7-8-19-16/h5-6,9,13,15-17H,7-8,10H2,1-4H3. The van der Waals surface area contributed by atoms with Gasteiger partial charge >= 0.3 is 0 Å². The summed E-state index contributed by atoms with van der Waals surface area (Å²) in [4.78, 5) is 0. The van der Waals surface area contributed by atoms with Crippen molar-refractivity contribution in [1.29, 1.82) is 0 Å². The molecule has 0 spiro atoms. The highest BCUT2D eigenvalue weighted by Gasteiger charge is 2.29. The Morgan fingerprint density at radius 1 is 1.26 bits per heavy atom. The van der Waals surface area contributed by atoms with Crippen LogP contribution in [0.25, 0.3) is 0 Å². The largest absolute Gasteiger partial charge is 0.316 e. The first-order valence-electron chi connectivity index (χ1n) is 7.08. The predicted octanol–water partition coefficient (Wildman–Crippen LogP) is 3.67. The molecule has 1 aliphatic rings. The zero-order valence-corrected chi connectivity index (χ0v) is 14.0. The molecule has 0 aromatic heterocycles. The third-order valence-corrected chi connectivity index (χ3v) is 7.20. The lowest BCUT2D eigenvalue weighted by Crippen LogP contribution is -2.44. The Hall–Kier alpha value is -0.120. The Kier molecular flexibility index (Phi) is 5.67. The molecule has 1 aliphatic heterocycles. The van der Waals surface area contributed by atoms with Crippen LogP contribution in [0.4, 0.5) is 0 Å². The van der Waals surface area contributed by atoms with E-state index in [4.69, 9.17) is 0 Å². The molecule has 1 N–H and O–H groups in total. The van der Waals surface area contributed by atoms with Gasteiger partial charge in [-0.05, 0) is 38.4 Å². The molecular formula is C16H25NS2. The summed E-state index contributed by atoms with van der Waals surface area (Å²) in [6.45, 7) is 6.80. The van der Waals surface area contributed by atoms with Gasteiger partial charge < -0.3 is 5.32 Å². The highest BCUT2D eigenvalue weighted by Crippen LogP contribution is 2.34.